The van der Waals surface area contributed by atoms with E-state index >= 15 is 0 Å². The van der Waals surface area contributed by atoms with Crippen molar-refractivity contribution in [3.8, 4) is 6.07 Å². The highest BCUT2D eigenvalue weighted by atomic mass is 15.2. The highest BCUT2D eigenvalue weighted by molar-refractivity contribution is 5.16. The summed E-state index contributed by atoms with van der Waals surface area (Å²) < 4.78 is 0. The van der Waals surface area contributed by atoms with Gasteiger partial charge < -0.3 is 0 Å². The van der Waals surface area contributed by atoms with Crippen molar-refractivity contribution in [1.82, 2.24) is 10.2 Å². The van der Waals surface area contributed by atoms with E-state index in [0.29, 0.717) is 12.1 Å². The summed E-state index contributed by atoms with van der Waals surface area (Å²) in [6.07, 6.45) is 14.5. The Labute approximate surface area is 129 Å². The van der Waals surface area contributed by atoms with Crippen molar-refractivity contribution in [3.63, 3.8) is 0 Å². The van der Waals surface area contributed by atoms with Gasteiger partial charge in [0.05, 0.1) is 6.07 Å². The van der Waals surface area contributed by atoms with Gasteiger partial charge in [-0.3, -0.25) is 10.2 Å². The van der Waals surface area contributed by atoms with E-state index in [0.717, 1.165) is 24.8 Å². The van der Waals surface area contributed by atoms with Crippen LogP contribution in [-0.2, 0) is 0 Å². The number of hydrogen-bond donors (Lipinski definition) is 1. The van der Waals surface area contributed by atoms with Gasteiger partial charge in [0.2, 0.25) is 0 Å². The Hall–Kier alpha value is -0.590. The maximum atomic E-state index is 9.70. The molecule has 1 aliphatic heterocycles. The van der Waals surface area contributed by atoms with E-state index in [-0.39, 0.29) is 5.54 Å². The molecule has 0 aromatic rings. The lowest BCUT2D eigenvalue weighted by molar-refractivity contribution is 0.133. The largest absolute Gasteiger partial charge is 0.297 e. The lowest BCUT2D eigenvalue weighted by Gasteiger charge is -2.35. The summed E-state index contributed by atoms with van der Waals surface area (Å²) in [5, 5.41) is 13.4. The van der Waals surface area contributed by atoms with E-state index in [1.54, 1.807) is 0 Å². The monoisotopic (exact) mass is 287 g/mol. The van der Waals surface area contributed by atoms with Crippen LogP contribution >= 0.6 is 0 Å². The van der Waals surface area contributed by atoms with Gasteiger partial charge in [-0.25, -0.2) is 0 Å². The van der Waals surface area contributed by atoms with Crippen molar-refractivity contribution in [1.29, 1.82) is 5.26 Å². The van der Waals surface area contributed by atoms with E-state index in [4.69, 9.17) is 0 Å². The van der Waals surface area contributed by atoms with Gasteiger partial charge in [-0.05, 0) is 70.3 Å². The minimum atomic E-state index is -0.200. The summed E-state index contributed by atoms with van der Waals surface area (Å²) in [6.45, 7) is 1.29. The van der Waals surface area contributed by atoms with Crippen LogP contribution in [-0.4, -0.2) is 35.1 Å². The maximum absolute atomic E-state index is 9.70. The number of nitrogens with one attached hydrogen (secondary N) is 1. The van der Waals surface area contributed by atoms with Crippen molar-refractivity contribution in [2.75, 3.05) is 6.54 Å². The van der Waals surface area contributed by atoms with Crippen molar-refractivity contribution >= 4 is 0 Å². The minimum Gasteiger partial charge on any atom is -0.297 e. The van der Waals surface area contributed by atoms with Gasteiger partial charge in [-0.2, -0.15) is 5.26 Å². The summed E-state index contributed by atoms with van der Waals surface area (Å²) in [7, 11) is 0. The zero-order chi connectivity index (χ0) is 14.3. The fourth-order valence-electron chi connectivity index (χ4n) is 5.30. The van der Waals surface area contributed by atoms with Gasteiger partial charge in [-0.1, -0.05) is 12.8 Å². The Morgan fingerprint density at radius 1 is 1.00 bits per heavy atom. The van der Waals surface area contributed by atoms with Crippen LogP contribution < -0.4 is 5.32 Å². The SMILES string of the molecule is N#CC1(NC2CC2)CCC(N2CCCC2C2CCCC2)C1. The third-order valence-corrected chi connectivity index (χ3v) is 6.52. The first-order valence-corrected chi connectivity index (χ1v) is 9.24. The molecule has 3 unspecified atom stereocenters. The molecule has 1 saturated heterocycles. The second-order valence-corrected chi connectivity index (χ2v) is 8.00. The van der Waals surface area contributed by atoms with E-state index < -0.39 is 0 Å². The van der Waals surface area contributed by atoms with Crippen LogP contribution in [0, 0.1) is 17.2 Å². The summed E-state index contributed by atoms with van der Waals surface area (Å²) in [6, 6.07) is 4.81. The van der Waals surface area contributed by atoms with Crippen molar-refractivity contribution in [3.05, 3.63) is 0 Å². The molecule has 0 aromatic heterocycles. The summed E-state index contributed by atoms with van der Waals surface area (Å²) in [5.41, 5.74) is -0.200. The second-order valence-electron chi connectivity index (χ2n) is 8.00. The molecule has 0 radical (unpaired) electrons. The minimum absolute atomic E-state index is 0.200. The second kappa shape index (κ2) is 5.56. The third kappa shape index (κ3) is 2.73. The Bertz CT molecular complexity index is 419. The number of nitriles is 1. The van der Waals surface area contributed by atoms with Crippen LogP contribution in [0.2, 0.25) is 0 Å². The lowest BCUT2D eigenvalue weighted by Crippen LogP contribution is -2.46. The fourth-order valence-corrected chi connectivity index (χ4v) is 5.30. The van der Waals surface area contributed by atoms with Crippen LogP contribution in [0.25, 0.3) is 0 Å². The summed E-state index contributed by atoms with van der Waals surface area (Å²) in [5.74, 6) is 0.959. The maximum Gasteiger partial charge on any atom is 0.108 e. The highest BCUT2D eigenvalue weighted by Gasteiger charge is 2.47. The standard InChI is InChI=1S/C18H29N3/c19-13-18(20-15-7-8-15)10-9-16(12-18)21-11-3-6-17(21)14-4-1-2-5-14/h14-17,20H,1-12H2. The zero-order valence-corrected chi connectivity index (χ0v) is 13.2. The molecule has 3 atom stereocenters. The van der Waals surface area contributed by atoms with Crippen LogP contribution in [0.4, 0.5) is 0 Å². The van der Waals surface area contributed by atoms with Gasteiger partial charge in [0.25, 0.3) is 0 Å². The van der Waals surface area contributed by atoms with Crippen LogP contribution in [0.3, 0.4) is 0 Å². The van der Waals surface area contributed by atoms with Crippen molar-refractivity contribution in [2.45, 2.75) is 94.3 Å². The molecule has 3 aliphatic carbocycles. The fraction of sp³-hybridized carbons (Fsp3) is 0.944. The Balaban J connectivity index is 1.42. The van der Waals surface area contributed by atoms with Crippen LogP contribution in [0.5, 0.6) is 0 Å². The van der Waals surface area contributed by atoms with E-state index in [1.807, 2.05) is 0 Å². The predicted octanol–water partition coefficient (Wildman–Crippen LogP) is 3.21. The third-order valence-electron chi connectivity index (χ3n) is 6.52. The molecule has 0 bridgehead atoms. The van der Waals surface area contributed by atoms with Crippen molar-refractivity contribution in [2.24, 2.45) is 5.92 Å². The first-order chi connectivity index (χ1) is 10.3. The van der Waals surface area contributed by atoms with Crippen molar-refractivity contribution < 1.29 is 0 Å². The Kier molecular flexibility index (Phi) is 3.71. The number of hydrogen-bond acceptors (Lipinski definition) is 3. The average molecular weight is 287 g/mol. The normalized spacial score (nSPS) is 41.7. The molecule has 1 heterocycles. The molecule has 116 valence electrons. The van der Waals surface area contributed by atoms with Gasteiger partial charge in [-0.15, -0.1) is 0 Å². The first kappa shape index (κ1) is 14.0. The number of rotatable bonds is 4. The van der Waals surface area contributed by atoms with Gasteiger partial charge >= 0.3 is 0 Å². The molecule has 4 aliphatic rings. The number of nitrogens with zero attached hydrogens (tertiary/aromatic N) is 2. The first-order valence-electron chi connectivity index (χ1n) is 9.24. The highest BCUT2D eigenvalue weighted by Crippen LogP contribution is 2.42. The molecule has 3 heteroatoms. The molecule has 3 nitrogen and oxygen atoms in total. The van der Waals surface area contributed by atoms with Crippen LogP contribution in [0.15, 0.2) is 0 Å². The molecule has 3 saturated carbocycles. The molecule has 0 amide bonds. The molecule has 1 N–H and O–H groups in total. The topological polar surface area (TPSA) is 39.1 Å². The van der Waals surface area contributed by atoms with E-state index in [2.05, 4.69) is 16.3 Å². The zero-order valence-electron chi connectivity index (χ0n) is 13.2. The number of likely N-dealkylation sites (tertiary alicyclic amines) is 1. The molecule has 0 spiro atoms. The predicted molar refractivity (Wildman–Crippen MR) is 83.8 cm³/mol. The van der Waals surface area contributed by atoms with Gasteiger partial charge in [0.15, 0.2) is 0 Å². The molecular formula is C18H29N3. The van der Waals surface area contributed by atoms with Gasteiger partial charge in [0.1, 0.15) is 5.54 Å². The lowest BCUT2D eigenvalue weighted by atomic mass is 9.94. The molecule has 4 rings (SSSR count). The smallest absolute Gasteiger partial charge is 0.108 e. The molecule has 0 aromatic carbocycles. The summed E-state index contributed by atoms with van der Waals surface area (Å²) in [4.78, 5) is 2.82. The Morgan fingerprint density at radius 2 is 1.81 bits per heavy atom. The van der Waals surface area contributed by atoms with Crippen LogP contribution in [0.1, 0.15) is 70.6 Å². The van der Waals surface area contributed by atoms with E-state index in [1.165, 1.54) is 64.3 Å². The quantitative estimate of drug-likeness (QED) is 0.863. The molecule has 4 fully saturated rings. The van der Waals surface area contributed by atoms with E-state index in [9.17, 15) is 5.26 Å². The summed E-state index contributed by atoms with van der Waals surface area (Å²) >= 11 is 0. The average Bonchev–Trinajstić information content (AvgIpc) is 2.95. The van der Waals surface area contributed by atoms with Gasteiger partial charge in [0, 0.05) is 18.1 Å². The Morgan fingerprint density at radius 3 is 2.52 bits per heavy atom. The molecular weight excluding hydrogens is 258 g/mol. The molecule has 21 heavy (non-hydrogen) atoms.